The summed E-state index contributed by atoms with van der Waals surface area (Å²) in [6.07, 6.45) is 0. The summed E-state index contributed by atoms with van der Waals surface area (Å²) in [7, 11) is 0. The fourth-order valence-electron chi connectivity index (χ4n) is 3.64. The van der Waals surface area contributed by atoms with E-state index in [1.165, 1.54) is 11.1 Å². The summed E-state index contributed by atoms with van der Waals surface area (Å²) in [6.45, 7) is 4.23. The number of carbonyl (C=O) groups excluding carboxylic acids is 1. The van der Waals surface area contributed by atoms with Crippen LogP contribution in [0.1, 0.15) is 35.5 Å². The Kier molecular flexibility index (Phi) is 9.04. The van der Waals surface area contributed by atoms with E-state index in [4.69, 9.17) is 27.9 Å². The zero-order valence-electron chi connectivity index (χ0n) is 19.9. The highest BCUT2D eigenvalue weighted by Gasteiger charge is 2.23. The lowest BCUT2D eigenvalue weighted by Gasteiger charge is -2.17. The fourth-order valence-corrected chi connectivity index (χ4v) is 5.16. The van der Waals surface area contributed by atoms with Crippen molar-refractivity contribution in [3.8, 4) is 5.69 Å². The molecule has 4 rings (SSSR count). The number of hydrogen-bond acceptors (Lipinski definition) is 5. The maximum absolute atomic E-state index is 12.6. The molecule has 1 unspecified atom stereocenters. The Balaban J connectivity index is 1.52. The number of ether oxygens (including phenoxy) is 1. The van der Waals surface area contributed by atoms with E-state index in [2.05, 4.69) is 34.6 Å². The van der Waals surface area contributed by atoms with Crippen LogP contribution >= 0.6 is 35.0 Å². The highest BCUT2D eigenvalue weighted by atomic mass is 35.5. The van der Waals surface area contributed by atoms with Crippen LogP contribution in [0.2, 0.25) is 10.0 Å². The first-order chi connectivity index (χ1) is 17.4. The number of nitrogens with zero attached hydrogens (tertiary/aromatic N) is 3. The minimum atomic E-state index is -0.440. The Bertz CT molecular complexity index is 1330. The molecule has 0 radical (unpaired) electrons. The van der Waals surface area contributed by atoms with Gasteiger partial charge in [-0.2, -0.15) is 0 Å². The molecular weight excluding hydrogens is 515 g/mol. The summed E-state index contributed by atoms with van der Waals surface area (Å²) in [6, 6.07) is 22.8. The third-order valence-electron chi connectivity index (χ3n) is 5.54. The van der Waals surface area contributed by atoms with E-state index >= 15 is 0 Å². The van der Waals surface area contributed by atoms with Gasteiger partial charge in [0, 0.05) is 10.8 Å². The summed E-state index contributed by atoms with van der Waals surface area (Å²) in [5.41, 5.74) is 4.11. The fraction of sp³-hybridized carbons (Fsp3) is 0.222. The second-order valence-electron chi connectivity index (χ2n) is 8.25. The van der Waals surface area contributed by atoms with Crippen LogP contribution in [0.5, 0.6) is 0 Å². The average Bonchev–Trinajstić information content (AvgIpc) is 3.28. The van der Waals surface area contributed by atoms with E-state index in [-0.39, 0.29) is 12.5 Å². The zero-order chi connectivity index (χ0) is 25.5. The molecule has 0 aliphatic heterocycles. The van der Waals surface area contributed by atoms with E-state index in [0.717, 1.165) is 5.56 Å². The zero-order valence-corrected chi connectivity index (χ0v) is 22.3. The lowest BCUT2D eigenvalue weighted by Crippen LogP contribution is -2.31. The highest BCUT2D eigenvalue weighted by Crippen LogP contribution is 2.32. The Morgan fingerprint density at radius 2 is 1.81 bits per heavy atom. The molecule has 0 spiro atoms. The first-order valence-electron chi connectivity index (χ1n) is 11.4. The van der Waals surface area contributed by atoms with Crippen LogP contribution in [0, 0.1) is 6.92 Å². The number of benzene rings is 3. The first kappa shape index (κ1) is 26.2. The summed E-state index contributed by atoms with van der Waals surface area (Å²) in [4.78, 5) is 12.6. The highest BCUT2D eigenvalue weighted by molar-refractivity contribution is 7.98. The normalized spacial score (nSPS) is 11.9. The molecule has 36 heavy (non-hydrogen) atoms. The molecule has 4 aromatic rings. The topological polar surface area (TPSA) is 69.0 Å². The number of halogens is 2. The number of thioether (sulfide) groups is 1. The minimum absolute atomic E-state index is 0.0655. The maximum atomic E-state index is 12.6. The molecule has 0 fully saturated rings. The lowest BCUT2D eigenvalue weighted by atomic mass is 10.1. The van der Waals surface area contributed by atoms with Crippen molar-refractivity contribution in [3.05, 3.63) is 105 Å². The van der Waals surface area contributed by atoms with Crippen LogP contribution in [0.15, 0.2) is 78.0 Å². The van der Waals surface area contributed by atoms with Gasteiger partial charge in [-0.25, -0.2) is 0 Å². The third-order valence-corrected chi connectivity index (χ3v) is 7.05. The van der Waals surface area contributed by atoms with Crippen molar-refractivity contribution in [1.29, 1.82) is 0 Å². The molecule has 0 saturated heterocycles. The number of amides is 1. The van der Waals surface area contributed by atoms with Gasteiger partial charge < -0.3 is 10.1 Å². The van der Waals surface area contributed by atoms with E-state index in [1.54, 1.807) is 23.9 Å². The summed E-state index contributed by atoms with van der Waals surface area (Å²) >= 11 is 14.3. The lowest BCUT2D eigenvalue weighted by molar-refractivity contribution is -0.126. The van der Waals surface area contributed by atoms with E-state index < -0.39 is 6.04 Å². The largest absolute Gasteiger partial charge is 0.367 e. The molecule has 1 amide bonds. The Morgan fingerprint density at radius 1 is 1.06 bits per heavy atom. The van der Waals surface area contributed by atoms with Gasteiger partial charge in [0.15, 0.2) is 11.0 Å². The Labute approximate surface area is 225 Å². The smallest absolute Gasteiger partial charge is 0.246 e. The SMILES string of the molecule is Cc1ccccc1CSc1nnc(C(C)NC(=O)COCc2ccccc2)n1-c1ccc(Cl)cc1Cl. The molecular formula is C27H26Cl2N4O2S. The maximum Gasteiger partial charge on any atom is 0.246 e. The van der Waals surface area contributed by atoms with Crippen molar-refractivity contribution in [3.63, 3.8) is 0 Å². The van der Waals surface area contributed by atoms with Gasteiger partial charge in [-0.1, -0.05) is 89.6 Å². The van der Waals surface area contributed by atoms with Crippen molar-refractivity contribution in [2.75, 3.05) is 6.61 Å². The van der Waals surface area contributed by atoms with Gasteiger partial charge in [-0.3, -0.25) is 9.36 Å². The molecule has 0 aliphatic rings. The Hall–Kier alpha value is -2.84. The van der Waals surface area contributed by atoms with Gasteiger partial charge in [0.1, 0.15) is 6.61 Å². The second kappa shape index (κ2) is 12.4. The van der Waals surface area contributed by atoms with Crippen LogP contribution in [-0.2, 0) is 21.9 Å². The second-order valence-corrected chi connectivity index (χ2v) is 10.0. The van der Waals surface area contributed by atoms with Crippen LogP contribution in [0.4, 0.5) is 0 Å². The molecule has 6 nitrogen and oxygen atoms in total. The van der Waals surface area contributed by atoms with Gasteiger partial charge in [-0.15, -0.1) is 10.2 Å². The molecule has 1 heterocycles. The molecule has 3 aromatic carbocycles. The van der Waals surface area contributed by atoms with Gasteiger partial charge in [0.05, 0.1) is 23.4 Å². The van der Waals surface area contributed by atoms with Crippen molar-refractivity contribution in [1.82, 2.24) is 20.1 Å². The first-order valence-corrected chi connectivity index (χ1v) is 13.2. The Morgan fingerprint density at radius 3 is 2.56 bits per heavy atom. The number of carbonyl (C=O) groups is 1. The molecule has 0 saturated carbocycles. The van der Waals surface area contributed by atoms with Crippen molar-refractivity contribution in [2.45, 2.75) is 37.4 Å². The summed E-state index contributed by atoms with van der Waals surface area (Å²) < 4.78 is 7.45. The van der Waals surface area contributed by atoms with Crippen molar-refractivity contribution in [2.24, 2.45) is 0 Å². The van der Waals surface area contributed by atoms with E-state index in [1.807, 2.05) is 60.0 Å². The van der Waals surface area contributed by atoms with Crippen LogP contribution in [-0.4, -0.2) is 27.3 Å². The van der Waals surface area contributed by atoms with E-state index in [9.17, 15) is 4.79 Å². The standard InChI is InChI=1S/C27H26Cl2N4O2S/c1-18-8-6-7-11-21(18)17-36-27-32-31-26(33(27)24-13-12-22(28)14-23(24)29)19(2)30-25(34)16-35-15-20-9-4-3-5-10-20/h3-14,19H,15-17H2,1-2H3,(H,30,34). The van der Waals surface area contributed by atoms with Crippen molar-refractivity contribution >= 4 is 40.9 Å². The molecule has 9 heteroatoms. The van der Waals surface area contributed by atoms with Gasteiger partial charge >= 0.3 is 0 Å². The monoisotopic (exact) mass is 540 g/mol. The third kappa shape index (κ3) is 6.68. The van der Waals surface area contributed by atoms with Crippen LogP contribution in [0.25, 0.3) is 5.69 Å². The van der Waals surface area contributed by atoms with Crippen LogP contribution < -0.4 is 5.32 Å². The quantitative estimate of drug-likeness (QED) is 0.230. The van der Waals surface area contributed by atoms with Gasteiger partial charge in [0.25, 0.3) is 0 Å². The average molecular weight is 542 g/mol. The van der Waals surface area contributed by atoms with E-state index in [0.29, 0.717) is 39.1 Å². The molecule has 1 N–H and O–H groups in total. The molecule has 0 bridgehead atoms. The van der Waals surface area contributed by atoms with Crippen molar-refractivity contribution < 1.29 is 9.53 Å². The van der Waals surface area contributed by atoms with Gasteiger partial charge in [-0.05, 0) is 48.7 Å². The molecule has 1 atom stereocenters. The number of aromatic nitrogens is 3. The van der Waals surface area contributed by atoms with Crippen LogP contribution in [0.3, 0.4) is 0 Å². The predicted octanol–water partition coefficient (Wildman–Crippen LogP) is 6.57. The molecule has 186 valence electrons. The summed E-state index contributed by atoms with van der Waals surface area (Å²) in [5, 5.41) is 13.5. The van der Waals surface area contributed by atoms with Gasteiger partial charge in [0.2, 0.25) is 5.91 Å². The molecule has 0 aliphatic carbocycles. The minimum Gasteiger partial charge on any atom is -0.367 e. The number of rotatable bonds is 10. The number of hydrogen-bond donors (Lipinski definition) is 1. The molecule has 1 aromatic heterocycles. The summed E-state index contributed by atoms with van der Waals surface area (Å²) in [5.74, 6) is 1.02. The predicted molar refractivity (Wildman–Crippen MR) is 145 cm³/mol. The number of nitrogens with one attached hydrogen (secondary N) is 1. The number of aryl methyl sites for hydroxylation is 1.